The van der Waals surface area contributed by atoms with Gasteiger partial charge in [0.1, 0.15) is 5.76 Å². The van der Waals surface area contributed by atoms with Crippen LogP contribution in [0.25, 0.3) is 11.3 Å². The highest BCUT2D eigenvalue weighted by Gasteiger charge is 2.10. The molecule has 3 nitrogen and oxygen atoms in total. The average molecular weight is 189 g/mol. The molecule has 1 heterocycles. The smallest absolute Gasteiger partial charge is 0.194 e. The highest BCUT2D eigenvalue weighted by atomic mass is 16.3. The van der Waals surface area contributed by atoms with Crippen molar-refractivity contribution in [2.75, 3.05) is 0 Å². The first kappa shape index (κ1) is 8.94. The van der Waals surface area contributed by atoms with Crippen LogP contribution in [-0.2, 0) is 6.42 Å². The standard InChI is InChI=1S/C11H11NO2/c1-3-11-12-7(2)9-5-4-8(13)6-10(9)14-11/h4-6H,3H2,1-2H3. The molecule has 0 aromatic carbocycles. The Hall–Kier alpha value is -1.64. The van der Waals surface area contributed by atoms with Gasteiger partial charge >= 0.3 is 0 Å². The molecular weight excluding hydrogens is 178 g/mol. The first-order chi connectivity index (χ1) is 6.70. The Morgan fingerprint density at radius 1 is 1.43 bits per heavy atom. The summed E-state index contributed by atoms with van der Waals surface area (Å²) in [5.74, 6) is 1.29. The van der Waals surface area contributed by atoms with Crippen LogP contribution in [0.3, 0.4) is 0 Å². The summed E-state index contributed by atoms with van der Waals surface area (Å²) in [6.07, 6.45) is 0.736. The van der Waals surface area contributed by atoms with Crippen LogP contribution in [0.4, 0.5) is 0 Å². The monoisotopic (exact) mass is 189 g/mol. The second-order valence-corrected chi connectivity index (χ2v) is 3.20. The summed E-state index contributed by atoms with van der Waals surface area (Å²) in [6.45, 7) is 3.89. The first-order valence-corrected chi connectivity index (χ1v) is 4.61. The van der Waals surface area contributed by atoms with Gasteiger partial charge in [-0.15, -0.1) is 0 Å². The highest BCUT2D eigenvalue weighted by Crippen LogP contribution is 2.23. The number of hydrogen-bond donors (Lipinski definition) is 0. The third-order valence-electron chi connectivity index (χ3n) is 2.17. The van der Waals surface area contributed by atoms with E-state index in [1.165, 1.54) is 12.1 Å². The summed E-state index contributed by atoms with van der Waals surface area (Å²) in [6, 6.07) is 4.78. The lowest BCUT2D eigenvalue weighted by Crippen LogP contribution is -2.02. The van der Waals surface area contributed by atoms with Crippen molar-refractivity contribution in [2.45, 2.75) is 20.3 Å². The number of aryl methyl sites for hydroxylation is 2. The van der Waals surface area contributed by atoms with Gasteiger partial charge in [0.2, 0.25) is 0 Å². The van der Waals surface area contributed by atoms with E-state index in [0.717, 1.165) is 17.7 Å². The molecule has 0 unspecified atom stereocenters. The zero-order valence-electron chi connectivity index (χ0n) is 8.20. The van der Waals surface area contributed by atoms with Crippen molar-refractivity contribution < 1.29 is 4.42 Å². The van der Waals surface area contributed by atoms with Gasteiger partial charge in [0.25, 0.3) is 0 Å². The Morgan fingerprint density at radius 3 is 2.93 bits per heavy atom. The molecule has 3 heteroatoms. The minimum absolute atomic E-state index is 0.0334. The molecule has 0 fully saturated rings. The predicted molar refractivity (Wildman–Crippen MR) is 53.5 cm³/mol. The van der Waals surface area contributed by atoms with Gasteiger partial charge in [-0.1, -0.05) is 6.92 Å². The SMILES string of the molecule is CCc1nc(C)c2ccc(=O)cc-2o1. The third-order valence-corrected chi connectivity index (χ3v) is 2.17. The van der Waals surface area contributed by atoms with Crippen molar-refractivity contribution in [3.8, 4) is 11.3 Å². The number of fused-ring (bicyclic) bond motifs is 1. The molecule has 0 N–H and O–H groups in total. The molecule has 0 bridgehead atoms. The van der Waals surface area contributed by atoms with Crippen LogP contribution < -0.4 is 5.43 Å². The summed E-state index contributed by atoms with van der Waals surface area (Å²) in [5.41, 5.74) is 1.78. The maximum Gasteiger partial charge on any atom is 0.194 e. The van der Waals surface area contributed by atoms with Crippen molar-refractivity contribution >= 4 is 0 Å². The zero-order valence-corrected chi connectivity index (χ0v) is 8.20. The normalized spacial score (nSPS) is 10.7. The molecule has 1 aliphatic heterocycles. The number of aromatic nitrogens is 1. The Balaban J connectivity index is 2.77. The minimum atomic E-state index is -0.0334. The van der Waals surface area contributed by atoms with E-state index in [-0.39, 0.29) is 5.43 Å². The summed E-state index contributed by atoms with van der Waals surface area (Å²) < 4.78 is 5.46. The fourth-order valence-corrected chi connectivity index (χ4v) is 1.43. The Kier molecular flexibility index (Phi) is 2.08. The fourth-order valence-electron chi connectivity index (χ4n) is 1.43. The van der Waals surface area contributed by atoms with Crippen molar-refractivity contribution in [3.05, 3.63) is 40.0 Å². The van der Waals surface area contributed by atoms with Crippen molar-refractivity contribution in [1.29, 1.82) is 0 Å². The topological polar surface area (TPSA) is 43.1 Å². The van der Waals surface area contributed by atoms with E-state index in [2.05, 4.69) is 4.98 Å². The second kappa shape index (κ2) is 3.25. The Morgan fingerprint density at radius 2 is 2.21 bits per heavy atom. The molecule has 72 valence electrons. The number of benzene rings is 1. The summed E-state index contributed by atoms with van der Waals surface area (Å²) >= 11 is 0. The van der Waals surface area contributed by atoms with Crippen molar-refractivity contribution in [1.82, 2.24) is 4.98 Å². The summed E-state index contributed by atoms with van der Waals surface area (Å²) in [7, 11) is 0. The van der Waals surface area contributed by atoms with Crippen LogP contribution in [-0.4, -0.2) is 4.98 Å². The number of hydrogen-bond acceptors (Lipinski definition) is 3. The quantitative estimate of drug-likeness (QED) is 0.689. The van der Waals surface area contributed by atoms with Gasteiger partial charge in [0.05, 0.1) is 5.69 Å². The maximum atomic E-state index is 11.1. The van der Waals surface area contributed by atoms with E-state index in [0.29, 0.717) is 11.7 Å². The van der Waals surface area contributed by atoms with Gasteiger partial charge in [-0.25, -0.2) is 4.98 Å². The van der Waals surface area contributed by atoms with Crippen LogP contribution in [0.1, 0.15) is 18.5 Å². The summed E-state index contributed by atoms with van der Waals surface area (Å²) in [5, 5.41) is 0. The highest BCUT2D eigenvalue weighted by molar-refractivity contribution is 5.60. The van der Waals surface area contributed by atoms with Gasteiger partial charge in [0, 0.05) is 18.1 Å². The van der Waals surface area contributed by atoms with Crippen molar-refractivity contribution in [3.63, 3.8) is 0 Å². The van der Waals surface area contributed by atoms with Gasteiger partial charge in [-0.2, -0.15) is 0 Å². The number of rotatable bonds is 1. The minimum Gasteiger partial charge on any atom is -0.442 e. The van der Waals surface area contributed by atoms with E-state index in [1.54, 1.807) is 6.07 Å². The molecular formula is C11H11NO2. The molecule has 0 spiro atoms. The van der Waals surface area contributed by atoms with Crippen molar-refractivity contribution in [2.24, 2.45) is 0 Å². The lowest BCUT2D eigenvalue weighted by atomic mass is 10.1. The van der Waals surface area contributed by atoms with Crippen LogP contribution in [0.2, 0.25) is 0 Å². The average Bonchev–Trinajstić information content (AvgIpc) is 2.16. The van der Waals surface area contributed by atoms with Crippen LogP contribution >= 0.6 is 0 Å². The van der Waals surface area contributed by atoms with Gasteiger partial charge in [-0.05, 0) is 19.1 Å². The molecule has 0 aromatic heterocycles. The largest absolute Gasteiger partial charge is 0.442 e. The Bertz CT molecular complexity index is 487. The molecule has 0 atom stereocenters. The maximum absolute atomic E-state index is 11.1. The zero-order chi connectivity index (χ0) is 10.1. The van der Waals surface area contributed by atoms with E-state index < -0.39 is 0 Å². The number of nitrogens with zero attached hydrogens (tertiary/aromatic N) is 1. The molecule has 1 aliphatic carbocycles. The summed E-state index contributed by atoms with van der Waals surface area (Å²) in [4.78, 5) is 15.4. The molecule has 2 rings (SSSR count). The molecule has 0 saturated heterocycles. The first-order valence-electron chi connectivity index (χ1n) is 4.61. The predicted octanol–water partition coefficient (Wildman–Crippen LogP) is 2.01. The molecule has 0 amide bonds. The lowest BCUT2D eigenvalue weighted by molar-refractivity contribution is 0.480. The third kappa shape index (κ3) is 1.41. The van der Waals surface area contributed by atoms with Gasteiger partial charge in [0.15, 0.2) is 11.3 Å². The second-order valence-electron chi connectivity index (χ2n) is 3.20. The van der Waals surface area contributed by atoms with Crippen LogP contribution in [0.5, 0.6) is 0 Å². The molecule has 0 saturated carbocycles. The van der Waals surface area contributed by atoms with E-state index in [4.69, 9.17) is 4.42 Å². The van der Waals surface area contributed by atoms with E-state index >= 15 is 0 Å². The lowest BCUT2D eigenvalue weighted by Gasteiger charge is -2.07. The van der Waals surface area contributed by atoms with Gasteiger partial charge in [-0.3, -0.25) is 4.79 Å². The van der Waals surface area contributed by atoms with E-state index in [9.17, 15) is 4.79 Å². The molecule has 0 aromatic rings. The molecule has 0 radical (unpaired) electrons. The molecule has 14 heavy (non-hydrogen) atoms. The van der Waals surface area contributed by atoms with E-state index in [1.807, 2.05) is 13.8 Å². The fraction of sp³-hybridized carbons (Fsp3) is 0.273. The van der Waals surface area contributed by atoms with Crippen LogP contribution in [0, 0.1) is 6.92 Å². The van der Waals surface area contributed by atoms with Crippen LogP contribution in [0.15, 0.2) is 27.4 Å². The molecule has 2 aliphatic rings. The Labute approximate surface area is 81.7 Å². The van der Waals surface area contributed by atoms with Gasteiger partial charge < -0.3 is 4.42 Å².